The topological polar surface area (TPSA) is 0 Å². The fraction of sp³-hybridized carbons (Fsp3) is 0.500. The molecule has 0 amide bonds. The molecule has 1 radical (unpaired) electrons. The smallest absolute Gasteiger partial charge is 0.00958 e. The summed E-state index contributed by atoms with van der Waals surface area (Å²) in [5.41, 5.74) is 1.66. The third kappa shape index (κ3) is 1.03. The van der Waals surface area contributed by atoms with Crippen molar-refractivity contribution in [3.05, 3.63) is 30.2 Å². The average molecular weight is 133 g/mol. The highest BCUT2D eigenvalue weighted by Gasteiger charge is 2.18. The summed E-state index contributed by atoms with van der Waals surface area (Å²) < 4.78 is 0. The van der Waals surface area contributed by atoms with Crippen LogP contribution in [0.3, 0.4) is 0 Å². The zero-order valence-corrected chi connectivity index (χ0v) is 6.22. The van der Waals surface area contributed by atoms with Gasteiger partial charge in [0.1, 0.15) is 0 Å². The van der Waals surface area contributed by atoms with Gasteiger partial charge in [0.05, 0.1) is 0 Å². The lowest BCUT2D eigenvalue weighted by molar-refractivity contribution is 0.501. The third-order valence-corrected chi connectivity index (χ3v) is 2.47. The zero-order valence-electron chi connectivity index (χ0n) is 6.22. The van der Waals surface area contributed by atoms with E-state index in [9.17, 15) is 0 Å². The van der Waals surface area contributed by atoms with E-state index in [1.165, 1.54) is 25.7 Å². The Hall–Kier alpha value is -0.520. The molecule has 0 N–H and O–H groups in total. The van der Waals surface area contributed by atoms with E-state index < -0.39 is 0 Å². The Kier molecular flexibility index (Phi) is 1.62. The number of allylic oxidation sites excluding steroid dienone is 4. The first-order chi connectivity index (χ1) is 4.97. The highest BCUT2D eigenvalue weighted by atomic mass is 14.2. The lowest BCUT2D eigenvalue weighted by atomic mass is 9.80. The van der Waals surface area contributed by atoms with Crippen LogP contribution in [-0.2, 0) is 0 Å². The molecule has 0 saturated heterocycles. The molecule has 0 aromatic heterocycles. The molecule has 2 aliphatic carbocycles. The molecule has 0 heteroatoms. The van der Waals surface area contributed by atoms with E-state index in [0.717, 1.165) is 5.92 Å². The predicted octanol–water partition coefficient (Wildman–Crippen LogP) is 2.88. The summed E-state index contributed by atoms with van der Waals surface area (Å²) in [7, 11) is 0. The molecule has 1 fully saturated rings. The predicted molar refractivity (Wildman–Crippen MR) is 43.5 cm³/mol. The molecule has 53 valence electrons. The molecular formula is C10H13. The van der Waals surface area contributed by atoms with Crippen molar-refractivity contribution in [3.8, 4) is 0 Å². The highest BCUT2D eigenvalue weighted by molar-refractivity contribution is 5.27. The van der Waals surface area contributed by atoms with Crippen LogP contribution in [0.15, 0.2) is 23.8 Å². The van der Waals surface area contributed by atoms with Gasteiger partial charge in [-0.25, -0.2) is 0 Å². The van der Waals surface area contributed by atoms with Crippen molar-refractivity contribution in [3.63, 3.8) is 0 Å². The van der Waals surface area contributed by atoms with Crippen LogP contribution < -0.4 is 0 Å². The molecule has 2 rings (SSSR count). The Morgan fingerprint density at radius 2 is 2.20 bits per heavy atom. The second-order valence-electron chi connectivity index (χ2n) is 3.17. The van der Waals surface area contributed by atoms with Gasteiger partial charge in [0.15, 0.2) is 0 Å². The number of fused-ring (bicyclic) bond motifs is 1. The van der Waals surface area contributed by atoms with Crippen molar-refractivity contribution >= 4 is 0 Å². The van der Waals surface area contributed by atoms with Gasteiger partial charge in [-0.2, -0.15) is 0 Å². The first-order valence-corrected chi connectivity index (χ1v) is 4.17. The number of hydrogen-bond donors (Lipinski definition) is 0. The zero-order chi connectivity index (χ0) is 6.81. The standard InChI is InChI=1S/C10H13/c1-2-6-10-8-4-3-7-9(10)5-1/h1-2,5-6,9H,3-4,7-8H2. The second kappa shape index (κ2) is 2.61. The van der Waals surface area contributed by atoms with E-state index in [0.29, 0.717) is 0 Å². The van der Waals surface area contributed by atoms with E-state index in [1.54, 1.807) is 5.57 Å². The van der Waals surface area contributed by atoms with E-state index in [4.69, 9.17) is 0 Å². The molecule has 2 aliphatic rings. The van der Waals surface area contributed by atoms with Gasteiger partial charge in [0, 0.05) is 0 Å². The number of hydrogen-bond acceptors (Lipinski definition) is 0. The molecule has 0 nitrogen and oxygen atoms in total. The molecule has 10 heavy (non-hydrogen) atoms. The van der Waals surface area contributed by atoms with Crippen LogP contribution in [0.1, 0.15) is 25.7 Å². The summed E-state index contributed by atoms with van der Waals surface area (Å²) in [4.78, 5) is 0. The molecule has 0 bridgehead atoms. The van der Waals surface area contributed by atoms with Crippen LogP contribution in [0.4, 0.5) is 0 Å². The van der Waals surface area contributed by atoms with Gasteiger partial charge in [-0.3, -0.25) is 0 Å². The maximum absolute atomic E-state index is 2.34. The fourth-order valence-electron chi connectivity index (χ4n) is 1.87. The van der Waals surface area contributed by atoms with Gasteiger partial charge in [-0.1, -0.05) is 30.2 Å². The summed E-state index contributed by atoms with van der Waals surface area (Å²) in [6.45, 7) is 0. The first-order valence-electron chi connectivity index (χ1n) is 4.17. The molecule has 0 spiro atoms. The lowest BCUT2D eigenvalue weighted by Crippen LogP contribution is -2.11. The van der Waals surface area contributed by atoms with E-state index >= 15 is 0 Å². The summed E-state index contributed by atoms with van der Waals surface area (Å²) in [5, 5.41) is 0. The van der Waals surface area contributed by atoms with Gasteiger partial charge in [-0.05, 0) is 31.6 Å². The Bertz CT molecular complexity index is 174. The van der Waals surface area contributed by atoms with Crippen LogP contribution >= 0.6 is 0 Å². The molecule has 0 aromatic rings. The van der Waals surface area contributed by atoms with Gasteiger partial charge >= 0.3 is 0 Å². The van der Waals surface area contributed by atoms with Crippen LogP contribution in [0.5, 0.6) is 0 Å². The van der Waals surface area contributed by atoms with Gasteiger partial charge in [0.25, 0.3) is 0 Å². The quantitative estimate of drug-likeness (QED) is 0.476. The monoisotopic (exact) mass is 133 g/mol. The summed E-state index contributed by atoms with van der Waals surface area (Å²) in [6, 6.07) is 0. The van der Waals surface area contributed by atoms with Crippen molar-refractivity contribution < 1.29 is 0 Å². The molecular weight excluding hydrogens is 120 g/mol. The Morgan fingerprint density at radius 3 is 3.10 bits per heavy atom. The lowest BCUT2D eigenvalue weighted by Gasteiger charge is -2.25. The summed E-state index contributed by atoms with van der Waals surface area (Å²) in [6.07, 6.45) is 14.5. The maximum Gasteiger partial charge on any atom is -0.00958 e. The maximum atomic E-state index is 2.34. The van der Waals surface area contributed by atoms with Gasteiger partial charge in [-0.15, -0.1) is 0 Å². The average Bonchev–Trinajstić information content (AvgIpc) is 2.05. The van der Waals surface area contributed by atoms with Crippen LogP contribution in [0, 0.1) is 12.3 Å². The minimum Gasteiger partial charge on any atom is -0.0802 e. The third-order valence-electron chi connectivity index (χ3n) is 2.47. The van der Waals surface area contributed by atoms with Crippen molar-refractivity contribution in [2.24, 2.45) is 5.92 Å². The second-order valence-corrected chi connectivity index (χ2v) is 3.17. The van der Waals surface area contributed by atoms with E-state index in [-0.39, 0.29) is 0 Å². The van der Waals surface area contributed by atoms with Gasteiger partial charge in [0.2, 0.25) is 0 Å². The Labute approximate surface area is 62.6 Å². The van der Waals surface area contributed by atoms with Crippen molar-refractivity contribution in [2.45, 2.75) is 25.7 Å². The normalized spacial score (nSPS) is 31.2. The van der Waals surface area contributed by atoms with Crippen LogP contribution in [0.25, 0.3) is 0 Å². The molecule has 0 heterocycles. The van der Waals surface area contributed by atoms with Crippen molar-refractivity contribution in [1.29, 1.82) is 0 Å². The molecule has 1 saturated carbocycles. The largest absolute Gasteiger partial charge is 0.0802 e. The molecule has 0 aliphatic heterocycles. The fourth-order valence-corrected chi connectivity index (χ4v) is 1.87. The van der Waals surface area contributed by atoms with Crippen molar-refractivity contribution in [1.82, 2.24) is 0 Å². The molecule has 1 atom stereocenters. The highest BCUT2D eigenvalue weighted by Crippen LogP contribution is 2.33. The van der Waals surface area contributed by atoms with Crippen molar-refractivity contribution in [2.75, 3.05) is 0 Å². The van der Waals surface area contributed by atoms with Crippen LogP contribution in [-0.4, -0.2) is 0 Å². The first kappa shape index (κ1) is 6.21. The minimum absolute atomic E-state index is 0.804. The molecule has 0 aromatic carbocycles. The SMILES string of the molecule is [CH]1C=CC=C2CCCCC12. The Morgan fingerprint density at radius 1 is 1.20 bits per heavy atom. The number of rotatable bonds is 0. The summed E-state index contributed by atoms with van der Waals surface area (Å²) in [5.74, 6) is 0.804. The Balaban J connectivity index is 2.14. The van der Waals surface area contributed by atoms with Gasteiger partial charge < -0.3 is 0 Å². The van der Waals surface area contributed by atoms with E-state index in [1.807, 2.05) is 0 Å². The minimum atomic E-state index is 0.804. The molecule has 1 unspecified atom stereocenters. The summed E-state index contributed by atoms with van der Waals surface area (Å²) >= 11 is 0. The van der Waals surface area contributed by atoms with Crippen LogP contribution in [0.2, 0.25) is 0 Å². The van der Waals surface area contributed by atoms with E-state index in [2.05, 4.69) is 24.6 Å².